The molecule has 0 aliphatic heterocycles. The molecular formula is C12H21NO4. The SMILES string of the molecule is CCCCCCC(=O)C(CCC(C)=O)[N+](=O)[O-]. The lowest BCUT2D eigenvalue weighted by molar-refractivity contribution is -0.508. The molecule has 0 rings (SSSR count). The highest BCUT2D eigenvalue weighted by Crippen LogP contribution is 2.10. The van der Waals surface area contributed by atoms with Crippen LogP contribution in [-0.2, 0) is 9.59 Å². The van der Waals surface area contributed by atoms with Crippen molar-refractivity contribution in [2.45, 2.75) is 64.8 Å². The summed E-state index contributed by atoms with van der Waals surface area (Å²) in [7, 11) is 0. The maximum Gasteiger partial charge on any atom is 0.270 e. The Kier molecular flexibility index (Phi) is 8.19. The number of unbranched alkanes of at least 4 members (excludes halogenated alkanes) is 3. The highest BCUT2D eigenvalue weighted by Gasteiger charge is 2.28. The van der Waals surface area contributed by atoms with Crippen LogP contribution in [0.2, 0.25) is 0 Å². The number of hydrogen-bond donors (Lipinski definition) is 0. The van der Waals surface area contributed by atoms with E-state index in [0.29, 0.717) is 6.42 Å². The van der Waals surface area contributed by atoms with Gasteiger partial charge in [-0.25, -0.2) is 0 Å². The zero-order valence-corrected chi connectivity index (χ0v) is 10.6. The minimum absolute atomic E-state index is 0.0367. The van der Waals surface area contributed by atoms with E-state index in [4.69, 9.17) is 0 Å². The zero-order valence-electron chi connectivity index (χ0n) is 10.6. The Bertz CT molecular complexity index is 276. The molecule has 5 heteroatoms. The Labute approximate surface area is 102 Å². The highest BCUT2D eigenvalue weighted by molar-refractivity contribution is 5.83. The molecule has 0 aromatic heterocycles. The van der Waals surface area contributed by atoms with Crippen LogP contribution in [0.3, 0.4) is 0 Å². The minimum atomic E-state index is -1.19. The summed E-state index contributed by atoms with van der Waals surface area (Å²) in [4.78, 5) is 32.5. The molecule has 0 aliphatic carbocycles. The summed E-state index contributed by atoms with van der Waals surface area (Å²) in [5.41, 5.74) is 0. The molecule has 0 fully saturated rings. The van der Waals surface area contributed by atoms with Crippen molar-refractivity contribution >= 4 is 11.6 Å². The number of rotatable bonds is 10. The van der Waals surface area contributed by atoms with Gasteiger partial charge < -0.3 is 4.79 Å². The number of nitro groups is 1. The molecule has 0 N–H and O–H groups in total. The van der Waals surface area contributed by atoms with Crippen molar-refractivity contribution in [2.75, 3.05) is 0 Å². The molecule has 0 amide bonds. The molecule has 0 spiro atoms. The minimum Gasteiger partial charge on any atom is -0.300 e. The van der Waals surface area contributed by atoms with Gasteiger partial charge in [-0.15, -0.1) is 0 Å². The summed E-state index contributed by atoms with van der Waals surface area (Å²) in [6, 6.07) is -1.19. The molecule has 0 radical (unpaired) electrons. The van der Waals surface area contributed by atoms with Crippen LogP contribution in [0.25, 0.3) is 0 Å². The van der Waals surface area contributed by atoms with Crippen molar-refractivity contribution in [3.8, 4) is 0 Å². The molecular weight excluding hydrogens is 222 g/mol. The van der Waals surface area contributed by atoms with E-state index in [9.17, 15) is 19.7 Å². The van der Waals surface area contributed by atoms with Crippen LogP contribution in [0.5, 0.6) is 0 Å². The maximum atomic E-state index is 11.6. The van der Waals surface area contributed by atoms with Gasteiger partial charge in [0.25, 0.3) is 6.04 Å². The second-order valence-electron chi connectivity index (χ2n) is 4.32. The Morgan fingerprint density at radius 3 is 2.29 bits per heavy atom. The van der Waals surface area contributed by atoms with E-state index in [1.807, 2.05) is 0 Å². The fourth-order valence-corrected chi connectivity index (χ4v) is 1.62. The molecule has 0 aromatic rings. The Morgan fingerprint density at radius 2 is 1.82 bits per heavy atom. The second-order valence-corrected chi connectivity index (χ2v) is 4.32. The van der Waals surface area contributed by atoms with E-state index in [1.165, 1.54) is 6.92 Å². The third kappa shape index (κ3) is 7.60. The first-order valence-corrected chi connectivity index (χ1v) is 6.14. The van der Waals surface area contributed by atoms with Gasteiger partial charge in [0.1, 0.15) is 5.78 Å². The fraction of sp³-hybridized carbons (Fsp3) is 0.833. The van der Waals surface area contributed by atoms with E-state index in [1.54, 1.807) is 0 Å². The predicted octanol–water partition coefficient (Wildman–Crippen LogP) is 2.54. The van der Waals surface area contributed by atoms with Gasteiger partial charge in [0.05, 0.1) is 0 Å². The first-order chi connectivity index (χ1) is 7.99. The average molecular weight is 243 g/mol. The van der Waals surface area contributed by atoms with Crippen LogP contribution in [0.1, 0.15) is 58.8 Å². The van der Waals surface area contributed by atoms with E-state index in [-0.39, 0.29) is 30.8 Å². The summed E-state index contributed by atoms with van der Waals surface area (Å²) in [5.74, 6) is -0.456. The van der Waals surface area contributed by atoms with Crippen molar-refractivity contribution in [2.24, 2.45) is 0 Å². The van der Waals surface area contributed by atoms with E-state index >= 15 is 0 Å². The number of nitrogens with zero attached hydrogens (tertiary/aromatic N) is 1. The summed E-state index contributed by atoms with van der Waals surface area (Å²) < 4.78 is 0. The normalized spacial score (nSPS) is 12.1. The lowest BCUT2D eigenvalue weighted by Gasteiger charge is -2.07. The number of carbonyl (C=O) groups excluding carboxylic acids is 2. The van der Waals surface area contributed by atoms with Crippen molar-refractivity contribution in [1.29, 1.82) is 0 Å². The van der Waals surface area contributed by atoms with Crippen molar-refractivity contribution < 1.29 is 14.5 Å². The largest absolute Gasteiger partial charge is 0.300 e. The standard InChI is InChI=1S/C12H21NO4/c1-3-4-5-6-7-12(15)11(13(16)17)9-8-10(2)14/h11H,3-9H2,1-2H3. The second kappa shape index (κ2) is 8.84. The number of carbonyl (C=O) groups is 2. The Balaban J connectivity index is 4.06. The third-order valence-corrected chi connectivity index (χ3v) is 2.67. The molecule has 0 bridgehead atoms. The van der Waals surface area contributed by atoms with Gasteiger partial charge in [0.15, 0.2) is 0 Å². The molecule has 0 saturated carbocycles. The summed E-state index contributed by atoms with van der Waals surface area (Å²) in [6.45, 7) is 3.44. The van der Waals surface area contributed by atoms with E-state index < -0.39 is 11.0 Å². The predicted molar refractivity (Wildman–Crippen MR) is 64.5 cm³/mol. The van der Waals surface area contributed by atoms with Gasteiger partial charge in [-0.05, 0) is 13.3 Å². The molecule has 1 unspecified atom stereocenters. The maximum absolute atomic E-state index is 11.6. The molecule has 0 aromatic carbocycles. The number of ketones is 2. The summed E-state index contributed by atoms with van der Waals surface area (Å²) in [6.07, 6.45) is 4.14. The van der Waals surface area contributed by atoms with Gasteiger partial charge in [0.2, 0.25) is 5.78 Å². The van der Waals surface area contributed by atoms with Crippen LogP contribution in [-0.4, -0.2) is 22.5 Å². The molecule has 0 saturated heterocycles. The Hall–Kier alpha value is -1.26. The van der Waals surface area contributed by atoms with Gasteiger partial charge in [-0.3, -0.25) is 14.9 Å². The van der Waals surface area contributed by atoms with E-state index in [0.717, 1.165) is 19.3 Å². The first-order valence-electron chi connectivity index (χ1n) is 6.14. The molecule has 17 heavy (non-hydrogen) atoms. The highest BCUT2D eigenvalue weighted by atomic mass is 16.6. The lowest BCUT2D eigenvalue weighted by Crippen LogP contribution is -2.30. The van der Waals surface area contributed by atoms with Crippen LogP contribution in [0.15, 0.2) is 0 Å². The summed E-state index contributed by atoms with van der Waals surface area (Å²) in [5, 5.41) is 10.7. The fourth-order valence-electron chi connectivity index (χ4n) is 1.62. The zero-order chi connectivity index (χ0) is 13.3. The van der Waals surface area contributed by atoms with Gasteiger partial charge in [-0.2, -0.15) is 0 Å². The molecule has 5 nitrogen and oxygen atoms in total. The number of Topliss-reactive ketones (excluding diaryl/α,β-unsaturated/α-hetero) is 2. The topological polar surface area (TPSA) is 77.3 Å². The molecule has 0 heterocycles. The van der Waals surface area contributed by atoms with Crippen LogP contribution in [0.4, 0.5) is 0 Å². The van der Waals surface area contributed by atoms with E-state index in [2.05, 4.69) is 6.92 Å². The number of hydrogen-bond acceptors (Lipinski definition) is 4. The monoisotopic (exact) mass is 243 g/mol. The molecule has 0 aliphatic rings. The first kappa shape index (κ1) is 15.7. The Morgan fingerprint density at radius 1 is 1.18 bits per heavy atom. The van der Waals surface area contributed by atoms with Crippen LogP contribution >= 0.6 is 0 Å². The molecule has 98 valence electrons. The van der Waals surface area contributed by atoms with Crippen LogP contribution < -0.4 is 0 Å². The van der Waals surface area contributed by atoms with Crippen molar-refractivity contribution in [3.63, 3.8) is 0 Å². The third-order valence-electron chi connectivity index (χ3n) is 2.67. The smallest absolute Gasteiger partial charge is 0.270 e. The average Bonchev–Trinajstić information content (AvgIpc) is 2.23. The van der Waals surface area contributed by atoms with Crippen molar-refractivity contribution in [3.05, 3.63) is 10.1 Å². The van der Waals surface area contributed by atoms with Gasteiger partial charge in [-0.1, -0.05) is 26.2 Å². The van der Waals surface area contributed by atoms with Crippen LogP contribution in [0, 0.1) is 10.1 Å². The summed E-state index contributed by atoms with van der Waals surface area (Å²) >= 11 is 0. The van der Waals surface area contributed by atoms with Gasteiger partial charge >= 0.3 is 0 Å². The molecule has 1 atom stereocenters. The van der Waals surface area contributed by atoms with Crippen molar-refractivity contribution in [1.82, 2.24) is 0 Å². The lowest BCUT2D eigenvalue weighted by atomic mass is 10.0. The van der Waals surface area contributed by atoms with Gasteiger partial charge in [0, 0.05) is 24.2 Å². The quantitative estimate of drug-likeness (QED) is 0.335.